The van der Waals surface area contributed by atoms with Gasteiger partial charge in [0.15, 0.2) is 11.7 Å². The van der Waals surface area contributed by atoms with Crippen molar-refractivity contribution in [1.82, 2.24) is 11.0 Å². The standard InChI is InChI=1S/C14H10Cl4N4O2/c15-9-3-1-7(5-11(9)17)19-13(21-23)14(22-24)20-8-2-4-10(16)12(18)6-8/h1-6,23-24H,(H,19,21)(H,20,22). The fraction of sp³-hybridized carbons (Fsp3) is 0. The summed E-state index contributed by atoms with van der Waals surface area (Å²) in [5.41, 5.74) is 4.43. The highest BCUT2D eigenvalue weighted by atomic mass is 35.5. The minimum Gasteiger partial charge on any atom is -0.290 e. The predicted molar refractivity (Wildman–Crippen MR) is 97.0 cm³/mol. The first-order valence-corrected chi connectivity index (χ1v) is 7.84. The molecule has 0 aliphatic carbocycles. The fourth-order valence-corrected chi connectivity index (χ4v) is 2.21. The quantitative estimate of drug-likeness (QED) is 0.319. The molecule has 0 unspecified atom stereocenters. The van der Waals surface area contributed by atoms with Gasteiger partial charge in [-0.05, 0) is 36.4 Å². The van der Waals surface area contributed by atoms with Gasteiger partial charge in [-0.2, -0.15) is 0 Å². The van der Waals surface area contributed by atoms with Gasteiger partial charge in [-0.1, -0.05) is 46.4 Å². The molecule has 0 saturated carbocycles. The number of hydroxylamine groups is 2. The number of halogens is 4. The van der Waals surface area contributed by atoms with Gasteiger partial charge in [0.25, 0.3) is 0 Å². The van der Waals surface area contributed by atoms with Crippen LogP contribution in [0, 0.1) is 0 Å². The topological polar surface area (TPSA) is 89.2 Å². The van der Waals surface area contributed by atoms with Gasteiger partial charge < -0.3 is 0 Å². The van der Waals surface area contributed by atoms with Crippen LogP contribution in [0.2, 0.25) is 20.1 Å². The average Bonchev–Trinajstić information content (AvgIpc) is 2.57. The van der Waals surface area contributed by atoms with Gasteiger partial charge in [0.1, 0.15) is 0 Å². The zero-order valence-electron chi connectivity index (χ0n) is 11.8. The minimum atomic E-state index is -0.165. The van der Waals surface area contributed by atoms with Crippen molar-refractivity contribution >= 4 is 69.4 Å². The molecule has 0 amide bonds. The molecule has 4 N–H and O–H groups in total. The van der Waals surface area contributed by atoms with Crippen molar-refractivity contribution in [3.05, 3.63) is 56.5 Å². The Kier molecular flexibility index (Phi) is 6.68. The van der Waals surface area contributed by atoms with Crippen LogP contribution in [-0.4, -0.2) is 22.1 Å². The van der Waals surface area contributed by atoms with Crippen LogP contribution in [0.25, 0.3) is 0 Å². The summed E-state index contributed by atoms with van der Waals surface area (Å²) in [6.07, 6.45) is 0. The molecular formula is C14H10Cl4N4O2. The number of hydrogen-bond donors (Lipinski definition) is 4. The maximum Gasteiger partial charge on any atom is 0.195 e. The van der Waals surface area contributed by atoms with E-state index in [1.54, 1.807) is 24.3 Å². The predicted octanol–water partition coefficient (Wildman–Crippen LogP) is 5.02. The fourth-order valence-electron chi connectivity index (χ4n) is 1.63. The van der Waals surface area contributed by atoms with E-state index in [4.69, 9.17) is 46.4 Å². The van der Waals surface area contributed by atoms with E-state index >= 15 is 0 Å². The second-order valence-corrected chi connectivity index (χ2v) is 5.97. The summed E-state index contributed by atoms with van der Waals surface area (Å²) in [6.45, 7) is 0. The molecule has 2 aromatic rings. The molecule has 0 saturated heterocycles. The maximum atomic E-state index is 9.27. The van der Waals surface area contributed by atoms with E-state index in [1.165, 1.54) is 12.1 Å². The number of nitrogens with zero attached hydrogens (tertiary/aromatic N) is 2. The van der Waals surface area contributed by atoms with E-state index < -0.39 is 0 Å². The Bertz CT molecular complexity index is 744. The van der Waals surface area contributed by atoms with Crippen LogP contribution in [0.3, 0.4) is 0 Å². The second-order valence-electron chi connectivity index (χ2n) is 4.34. The molecule has 0 aromatic heterocycles. The third-order valence-electron chi connectivity index (χ3n) is 2.72. The summed E-state index contributed by atoms with van der Waals surface area (Å²) in [4.78, 5) is 8.17. The van der Waals surface area contributed by atoms with Gasteiger partial charge in [-0.3, -0.25) is 10.4 Å². The van der Waals surface area contributed by atoms with Crippen molar-refractivity contribution in [3.63, 3.8) is 0 Å². The first-order valence-electron chi connectivity index (χ1n) is 6.32. The van der Waals surface area contributed by atoms with Gasteiger partial charge in [0.2, 0.25) is 0 Å². The molecule has 0 fully saturated rings. The highest BCUT2D eigenvalue weighted by Crippen LogP contribution is 2.28. The van der Waals surface area contributed by atoms with Crippen LogP contribution in [0.5, 0.6) is 0 Å². The summed E-state index contributed by atoms with van der Waals surface area (Å²) in [5.74, 6) is -0.330. The Morgan fingerprint density at radius 3 is 1.33 bits per heavy atom. The molecule has 0 bridgehead atoms. The zero-order chi connectivity index (χ0) is 17.7. The van der Waals surface area contributed by atoms with Crippen molar-refractivity contribution in [2.24, 2.45) is 9.98 Å². The lowest BCUT2D eigenvalue weighted by Crippen LogP contribution is -2.37. The number of amidine groups is 2. The maximum absolute atomic E-state index is 9.27. The Balaban J connectivity index is 2.41. The normalized spacial score (nSPS) is 12.2. The third kappa shape index (κ3) is 4.73. The van der Waals surface area contributed by atoms with Crippen molar-refractivity contribution in [2.45, 2.75) is 0 Å². The van der Waals surface area contributed by atoms with Crippen LogP contribution in [-0.2, 0) is 0 Å². The van der Waals surface area contributed by atoms with Gasteiger partial charge >= 0.3 is 0 Å². The molecule has 0 radical (unpaired) electrons. The Hall–Kier alpha value is -1.54. The second kappa shape index (κ2) is 8.53. The van der Waals surface area contributed by atoms with Crippen LogP contribution in [0.15, 0.2) is 46.4 Å². The van der Waals surface area contributed by atoms with Crippen LogP contribution < -0.4 is 11.0 Å². The number of benzene rings is 2. The number of hydrogen-bond acceptors (Lipinski definition) is 4. The molecule has 0 spiro atoms. The summed E-state index contributed by atoms with van der Waals surface area (Å²) < 4.78 is 0. The first-order chi connectivity index (χ1) is 11.4. The van der Waals surface area contributed by atoms with Crippen LogP contribution in [0.1, 0.15) is 0 Å². The van der Waals surface area contributed by atoms with Crippen molar-refractivity contribution in [2.75, 3.05) is 0 Å². The van der Waals surface area contributed by atoms with Crippen LogP contribution >= 0.6 is 46.4 Å². The Morgan fingerprint density at radius 1 is 0.667 bits per heavy atom. The van der Waals surface area contributed by atoms with E-state index in [1.807, 2.05) is 11.0 Å². The molecule has 2 rings (SSSR count). The van der Waals surface area contributed by atoms with E-state index in [9.17, 15) is 10.4 Å². The molecular weight excluding hydrogens is 398 g/mol. The lowest BCUT2D eigenvalue weighted by Gasteiger charge is -2.08. The van der Waals surface area contributed by atoms with Crippen molar-refractivity contribution in [3.8, 4) is 0 Å². The number of nitrogens with one attached hydrogen (secondary N) is 2. The van der Waals surface area contributed by atoms with E-state index in [0.717, 1.165) is 0 Å². The number of rotatable bonds is 2. The van der Waals surface area contributed by atoms with E-state index in [0.29, 0.717) is 21.4 Å². The lowest BCUT2D eigenvalue weighted by atomic mass is 10.3. The SMILES string of the molecule is ONC(=Nc1ccc(Cl)c(Cl)c1)C(=Nc1ccc(Cl)c(Cl)c1)NO. The summed E-state index contributed by atoms with van der Waals surface area (Å²) in [7, 11) is 0. The smallest absolute Gasteiger partial charge is 0.195 e. The van der Waals surface area contributed by atoms with Gasteiger partial charge in [0, 0.05) is 0 Å². The van der Waals surface area contributed by atoms with Gasteiger partial charge in [-0.25, -0.2) is 20.9 Å². The average molecular weight is 408 g/mol. The highest BCUT2D eigenvalue weighted by Gasteiger charge is 2.10. The summed E-state index contributed by atoms with van der Waals surface area (Å²) >= 11 is 23.5. The first kappa shape index (κ1) is 18.8. The molecule has 0 aliphatic rings. The molecule has 0 aliphatic heterocycles. The molecule has 10 heteroatoms. The number of aliphatic imine (C=N–C) groups is 2. The van der Waals surface area contributed by atoms with Gasteiger partial charge in [0.05, 0.1) is 31.5 Å². The Labute approximate surface area is 157 Å². The van der Waals surface area contributed by atoms with Crippen LogP contribution in [0.4, 0.5) is 11.4 Å². The summed E-state index contributed by atoms with van der Waals surface area (Å²) in [5, 5.41) is 19.8. The van der Waals surface area contributed by atoms with E-state index in [-0.39, 0.29) is 21.7 Å². The molecule has 0 atom stereocenters. The van der Waals surface area contributed by atoms with Gasteiger partial charge in [-0.15, -0.1) is 0 Å². The molecule has 6 nitrogen and oxygen atoms in total. The molecule has 0 heterocycles. The molecule has 2 aromatic carbocycles. The third-order valence-corrected chi connectivity index (χ3v) is 4.20. The zero-order valence-corrected chi connectivity index (χ0v) is 14.8. The monoisotopic (exact) mass is 406 g/mol. The van der Waals surface area contributed by atoms with Crippen molar-refractivity contribution in [1.29, 1.82) is 0 Å². The minimum absolute atomic E-state index is 0.165. The van der Waals surface area contributed by atoms with Crippen molar-refractivity contribution < 1.29 is 10.4 Å². The molecule has 24 heavy (non-hydrogen) atoms. The molecule has 126 valence electrons. The largest absolute Gasteiger partial charge is 0.290 e. The summed E-state index contributed by atoms with van der Waals surface area (Å²) in [6, 6.07) is 9.18. The lowest BCUT2D eigenvalue weighted by molar-refractivity contribution is 0.223. The Morgan fingerprint density at radius 2 is 1.04 bits per heavy atom. The van der Waals surface area contributed by atoms with E-state index in [2.05, 4.69) is 9.98 Å². The highest BCUT2D eigenvalue weighted by molar-refractivity contribution is 6.43.